The molecule has 0 aliphatic heterocycles. The van der Waals surface area contributed by atoms with Gasteiger partial charge in [-0.25, -0.2) is 4.79 Å². The molecule has 0 aliphatic rings. The Bertz CT molecular complexity index is 407. The number of ether oxygens (including phenoxy) is 2. The number of aliphatic hydroxyl groups is 1. The first-order valence-electron chi connectivity index (χ1n) is 5.45. The van der Waals surface area contributed by atoms with Gasteiger partial charge in [-0.2, -0.15) is 0 Å². The molecule has 0 unspecified atom stereocenters. The van der Waals surface area contributed by atoms with Crippen molar-refractivity contribution in [1.82, 2.24) is 0 Å². The summed E-state index contributed by atoms with van der Waals surface area (Å²) in [5.74, 6) is -1.73. The number of carbonyl (C=O) groups is 1. The predicted molar refractivity (Wildman–Crippen MR) is 66.0 cm³/mol. The second kappa shape index (κ2) is 6.64. The van der Waals surface area contributed by atoms with E-state index in [1.165, 1.54) is 0 Å². The normalized spacial score (nSPS) is 12.0. The van der Waals surface area contributed by atoms with Crippen molar-refractivity contribution in [3.8, 4) is 0 Å². The van der Waals surface area contributed by atoms with E-state index in [4.69, 9.17) is 14.9 Å². The Morgan fingerprint density at radius 2 is 1.94 bits per heavy atom. The summed E-state index contributed by atoms with van der Waals surface area (Å²) in [4.78, 5) is 14.2. The Hall–Kier alpha value is -2.03. The maximum atomic E-state index is 11.5. The van der Waals surface area contributed by atoms with Gasteiger partial charge in [-0.05, 0) is 40.7 Å². The van der Waals surface area contributed by atoms with Crippen LogP contribution in [0.4, 0.5) is 0 Å². The van der Waals surface area contributed by atoms with E-state index < -0.39 is 23.2 Å². The molecule has 18 heavy (non-hydrogen) atoms. The first-order valence-corrected chi connectivity index (χ1v) is 5.45. The Balaban J connectivity index is 4.79. The summed E-state index contributed by atoms with van der Waals surface area (Å²) < 4.78 is 9.78. The van der Waals surface area contributed by atoms with Crippen LogP contribution < -0.4 is 0 Å². The van der Waals surface area contributed by atoms with Crippen LogP contribution >= 0.6 is 0 Å². The first-order chi connectivity index (χ1) is 8.17. The number of esters is 1. The molecule has 0 atom stereocenters. The zero-order valence-electron chi connectivity index (χ0n) is 11.4. The molecule has 0 aliphatic carbocycles. The minimum Gasteiger partial charge on any atom is -0.475 e. The lowest BCUT2D eigenvalue weighted by Gasteiger charge is -2.16. The van der Waals surface area contributed by atoms with Crippen LogP contribution in [0.2, 0.25) is 0 Å². The third kappa shape index (κ3) is 6.53. The molecule has 0 fully saturated rings. The van der Waals surface area contributed by atoms with E-state index >= 15 is 0 Å². The lowest BCUT2D eigenvalue weighted by molar-refractivity contribution is -0.150. The van der Waals surface area contributed by atoms with Gasteiger partial charge >= 0.3 is 17.6 Å². The number of rotatable bonds is 4. The largest absolute Gasteiger partial charge is 0.547 e. The summed E-state index contributed by atoms with van der Waals surface area (Å²) in [5, 5.41) is 18.1. The molecule has 0 saturated carbocycles. The Morgan fingerprint density at radius 3 is 2.33 bits per heavy atom. The van der Waals surface area contributed by atoms with Crippen LogP contribution in [0.3, 0.4) is 0 Å². The minimum atomic E-state index is -0.959. The topological polar surface area (TPSA) is 83.9 Å². The first kappa shape index (κ1) is 16.0. The van der Waals surface area contributed by atoms with Crippen molar-refractivity contribution in [2.24, 2.45) is 0 Å². The quantitative estimate of drug-likeness (QED) is 0.274. The fourth-order valence-electron chi connectivity index (χ4n) is 0.853. The van der Waals surface area contributed by atoms with Crippen molar-refractivity contribution >= 4 is 5.97 Å². The second-order valence-corrected chi connectivity index (χ2v) is 4.85. The van der Waals surface area contributed by atoms with E-state index in [9.17, 15) is 9.90 Å². The molecule has 6 nitrogen and oxygen atoms in total. The highest BCUT2D eigenvalue weighted by Crippen LogP contribution is 2.14. The average molecular weight is 255 g/mol. The number of hydrogen-bond donors (Lipinski definition) is 1. The van der Waals surface area contributed by atoms with Gasteiger partial charge in [-0.3, -0.25) is 0 Å². The molecule has 0 spiro atoms. The van der Waals surface area contributed by atoms with Gasteiger partial charge in [0.25, 0.3) is 0 Å². The van der Waals surface area contributed by atoms with Gasteiger partial charge in [0, 0.05) is 0 Å². The van der Waals surface area contributed by atoms with Gasteiger partial charge in [0.05, 0.1) is 0 Å². The van der Waals surface area contributed by atoms with Crippen LogP contribution in [-0.4, -0.2) is 23.3 Å². The summed E-state index contributed by atoms with van der Waals surface area (Å²) in [5.41, 5.74) is -0.428. The molecule has 0 radical (unpaired) electrons. The molecule has 0 heterocycles. The molecule has 0 bridgehead atoms. The van der Waals surface area contributed by atoms with Crippen LogP contribution in [0.15, 0.2) is 23.3 Å². The van der Waals surface area contributed by atoms with Gasteiger partial charge in [0.1, 0.15) is 12.2 Å². The third-order valence-electron chi connectivity index (χ3n) is 1.61. The van der Waals surface area contributed by atoms with Crippen molar-refractivity contribution in [1.29, 1.82) is 5.39 Å². The molecule has 0 aromatic rings. The summed E-state index contributed by atoms with van der Waals surface area (Å²) in [6.45, 7) is 8.74. The number of aliphatic hydroxyl groups excluding tert-OH is 1. The summed E-state index contributed by atoms with van der Waals surface area (Å²) in [6.07, 6.45) is 1.69. The average Bonchev–Trinajstić information content (AvgIpc) is 2.14. The van der Waals surface area contributed by atoms with Gasteiger partial charge < -0.3 is 14.6 Å². The van der Waals surface area contributed by atoms with Crippen molar-refractivity contribution < 1.29 is 19.4 Å². The van der Waals surface area contributed by atoms with E-state index in [2.05, 4.69) is 4.98 Å². The fourth-order valence-corrected chi connectivity index (χ4v) is 0.853. The number of nitrogens with zero attached hydrogens (tertiary/aromatic N) is 2. The number of carbonyl (C=O) groups excluding carboxylic acids is 1. The summed E-state index contributed by atoms with van der Waals surface area (Å²) >= 11 is 0. The summed E-state index contributed by atoms with van der Waals surface area (Å²) in [7, 11) is 0. The van der Waals surface area contributed by atoms with Gasteiger partial charge in [0.15, 0.2) is 4.98 Å². The standard InChI is InChI=1S/C12H18N2O4/c1-8(2)6-7-17-10(15)9(14-13)11(16)18-12(3,4)5/h6H,7H2,1-5H3/p+1. The van der Waals surface area contributed by atoms with Crippen LogP contribution in [0.25, 0.3) is 4.98 Å². The van der Waals surface area contributed by atoms with E-state index in [1.54, 1.807) is 26.8 Å². The number of diazo groups is 1. The van der Waals surface area contributed by atoms with Crippen LogP contribution in [0.5, 0.6) is 0 Å². The molecule has 100 valence electrons. The molecule has 0 rings (SSSR count). The zero-order chi connectivity index (χ0) is 14.3. The van der Waals surface area contributed by atoms with E-state index in [1.807, 2.05) is 13.8 Å². The van der Waals surface area contributed by atoms with E-state index in [0.717, 1.165) is 5.57 Å². The monoisotopic (exact) mass is 255 g/mol. The minimum absolute atomic E-state index is 0.0655. The number of allylic oxidation sites excluding steroid dienone is 1. The molecule has 1 N–H and O–H groups in total. The van der Waals surface area contributed by atoms with Gasteiger partial charge in [0.2, 0.25) is 5.39 Å². The summed E-state index contributed by atoms with van der Waals surface area (Å²) in [6, 6.07) is 0. The smallest absolute Gasteiger partial charge is 0.475 e. The van der Waals surface area contributed by atoms with Crippen LogP contribution in [0.1, 0.15) is 34.6 Å². The highest BCUT2D eigenvalue weighted by atomic mass is 16.6. The molecule has 0 aromatic carbocycles. The molecular formula is C12H19N2O4+. The van der Waals surface area contributed by atoms with E-state index in [-0.39, 0.29) is 6.61 Å². The fraction of sp³-hybridized carbons (Fsp3) is 0.583. The Kier molecular flexibility index (Phi) is 5.89. The van der Waals surface area contributed by atoms with Crippen molar-refractivity contribution in [2.45, 2.75) is 40.2 Å². The van der Waals surface area contributed by atoms with Gasteiger partial charge in [-0.1, -0.05) is 5.57 Å². The second-order valence-electron chi connectivity index (χ2n) is 4.85. The Labute approximate surface area is 107 Å². The van der Waals surface area contributed by atoms with Crippen LogP contribution in [0, 0.1) is 5.39 Å². The molecule has 0 aromatic heterocycles. The van der Waals surface area contributed by atoms with Crippen molar-refractivity contribution in [3.63, 3.8) is 0 Å². The lowest BCUT2D eigenvalue weighted by Crippen LogP contribution is -2.25. The van der Waals surface area contributed by atoms with Crippen molar-refractivity contribution in [3.05, 3.63) is 28.3 Å². The molecular weight excluding hydrogens is 236 g/mol. The molecule has 0 amide bonds. The third-order valence-corrected chi connectivity index (χ3v) is 1.61. The maximum Gasteiger partial charge on any atom is 0.547 e. The van der Waals surface area contributed by atoms with Crippen LogP contribution in [-0.2, 0) is 14.3 Å². The number of hydrogen-bond acceptors (Lipinski definition) is 5. The zero-order valence-corrected chi connectivity index (χ0v) is 11.4. The maximum absolute atomic E-state index is 11.5. The lowest BCUT2D eigenvalue weighted by atomic mass is 10.2. The molecule has 0 saturated heterocycles. The predicted octanol–water partition coefficient (Wildman–Crippen LogP) is 2.89. The SMILES string of the molecule is CC(C)=CCO/C(O)=C(\[N+]#N)C(=O)OC(C)(C)C. The highest BCUT2D eigenvalue weighted by molar-refractivity contribution is 5.90. The van der Waals surface area contributed by atoms with Gasteiger partial charge in [-0.15, -0.1) is 0 Å². The Morgan fingerprint density at radius 1 is 1.39 bits per heavy atom. The highest BCUT2D eigenvalue weighted by Gasteiger charge is 2.35. The van der Waals surface area contributed by atoms with E-state index in [0.29, 0.717) is 0 Å². The molecule has 6 heteroatoms. The van der Waals surface area contributed by atoms with Crippen molar-refractivity contribution in [2.75, 3.05) is 6.61 Å².